The molecule has 0 heteroatoms. The van der Waals surface area contributed by atoms with Crippen molar-refractivity contribution in [2.45, 2.75) is 57.8 Å². The molecule has 2 aliphatic carbocycles. The van der Waals surface area contributed by atoms with Crippen LogP contribution in [0.1, 0.15) is 63.5 Å². The molecule has 0 heterocycles. The van der Waals surface area contributed by atoms with Crippen LogP contribution in [0.5, 0.6) is 0 Å². The van der Waals surface area contributed by atoms with Crippen molar-refractivity contribution in [3.63, 3.8) is 0 Å². The van der Waals surface area contributed by atoms with E-state index in [9.17, 15) is 0 Å². The van der Waals surface area contributed by atoms with Crippen LogP contribution in [0.3, 0.4) is 0 Å². The Balaban J connectivity index is 1.82. The molecule has 0 nitrogen and oxygen atoms in total. The summed E-state index contributed by atoms with van der Waals surface area (Å²) in [5.41, 5.74) is 8.93. The Kier molecular flexibility index (Phi) is 6.00. The number of rotatable bonds is 6. The first-order valence-corrected chi connectivity index (χ1v) is 11.0. The maximum absolute atomic E-state index is 2.41. The molecule has 0 fully saturated rings. The van der Waals surface area contributed by atoms with E-state index in [2.05, 4.69) is 98.8 Å². The second-order valence-corrected chi connectivity index (χ2v) is 8.68. The predicted molar refractivity (Wildman–Crippen MR) is 125 cm³/mol. The minimum Gasteiger partial charge on any atom is -0.0730 e. The molecule has 148 valence electrons. The van der Waals surface area contributed by atoms with Crippen molar-refractivity contribution >= 4 is 0 Å². The second-order valence-electron chi connectivity index (χ2n) is 8.68. The molecule has 0 saturated heterocycles. The van der Waals surface area contributed by atoms with Crippen molar-refractivity contribution in [2.75, 3.05) is 0 Å². The summed E-state index contributed by atoms with van der Waals surface area (Å²) in [6.07, 6.45) is 16.4. The van der Waals surface area contributed by atoms with Gasteiger partial charge in [-0.05, 0) is 63.5 Å². The lowest BCUT2D eigenvalue weighted by molar-refractivity contribution is 0.518. The number of hydrogen-bond acceptors (Lipinski definition) is 0. The van der Waals surface area contributed by atoms with Gasteiger partial charge in [0.1, 0.15) is 0 Å². The van der Waals surface area contributed by atoms with Crippen molar-refractivity contribution in [3.8, 4) is 0 Å². The molecule has 0 saturated carbocycles. The Morgan fingerprint density at radius 1 is 0.621 bits per heavy atom. The lowest BCUT2D eigenvalue weighted by atomic mass is 9.63. The van der Waals surface area contributed by atoms with E-state index < -0.39 is 0 Å². The molecule has 0 atom stereocenters. The van der Waals surface area contributed by atoms with E-state index in [1.807, 2.05) is 0 Å². The highest BCUT2D eigenvalue weighted by atomic mass is 14.4. The molecule has 0 aliphatic heterocycles. The highest BCUT2D eigenvalue weighted by molar-refractivity contribution is 5.51. The lowest BCUT2D eigenvalue weighted by Crippen LogP contribution is -2.31. The molecule has 0 aromatic heterocycles. The topological polar surface area (TPSA) is 0 Å². The van der Waals surface area contributed by atoms with Crippen molar-refractivity contribution in [1.82, 2.24) is 0 Å². The van der Waals surface area contributed by atoms with Gasteiger partial charge in [0.05, 0.1) is 0 Å². The third kappa shape index (κ3) is 4.22. The molecule has 0 spiro atoms. The fraction of sp³-hybridized carbons (Fsp3) is 0.310. The van der Waals surface area contributed by atoms with Gasteiger partial charge in [-0.2, -0.15) is 0 Å². The van der Waals surface area contributed by atoms with Gasteiger partial charge in [-0.1, -0.05) is 107 Å². The third-order valence-electron chi connectivity index (χ3n) is 6.70. The summed E-state index contributed by atoms with van der Waals surface area (Å²) in [4.78, 5) is 0. The lowest BCUT2D eigenvalue weighted by Gasteiger charge is -2.39. The molecule has 0 radical (unpaired) electrons. The molecular weight excluding hydrogens is 348 g/mol. The van der Waals surface area contributed by atoms with Gasteiger partial charge in [-0.3, -0.25) is 0 Å². The normalized spacial score (nSPS) is 17.2. The van der Waals surface area contributed by atoms with Crippen LogP contribution in [0, 0.1) is 0 Å². The Labute approximate surface area is 176 Å². The van der Waals surface area contributed by atoms with Crippen LogP contribution in [-0.4, -0.2) is 0 Å². The third-order valence-corrected chi connectivity index (χ3v) is 6.70. The molecule has 0 bridgehead atoms. The summed E-state index contributed by atoms with van der Waals surface area (Å²) in [5.74, 6) is 0. The predicted octanol–water partition coefficient (Wildman–Crippen LogP) is 8.09. The van der Waals surface area contributed by atoms with Gasteiger partial charge in [-0.25, -0.2) is 0 Å². The van der Waals surface area contributed by atoms with Crippen LogP contribution in [0.2, 0.25) is 0 Å². The summed E-state index contributed by atoms with van der Waals surface area (Å²) in [5, 5.41) is 0. The van der Waals surface area contributed by atoms with E-state index in [4.69, 9.17) is 0 Å². The van der Waals surface area contributed by atoms with Crippen molar-refractivity contribution < 1.29 is 0 Å². The Bertz CT molecular complexity index is 912. The molecule has 4 rings (SSSR count). The van der Waals surface area contributed by atoms with Gasteiger partial charge in [0.15, 0.2) is 0 Å². The van der Waals surface area contributed by atoms with Gasteiger partial charge >= 0.3 is 0 Å². The van der Waals surface area contributed by atoms with Gasteiger partial charge in [0, 0.05) is 5.41 Å². The van der Waals surface area contributed by atoms with E-state index in [0.717, 1.165) is 25.7 Å². The number of allylic oxidation sites excluding steroid dienone is 8. The quantitative estimate of drug-likeness (QED) is 0.475. The van der Waals surface area contributed by atoms with Crippen molar-refractivity contribution in [1.29, 1.82) is 0 Å². The Hall–Kier alpha value is -2.60. The minimum atomic E-state index is -0.0588. The van der Waals surface area contributed by atoms with E-state index in [1.165, 1.54) is 35.1 Å². The largest absolute Gasteiger partial charge is 0.0730 e. The van der Waals surface area contributed by atoms with Crippen LogP contribution in [0.4, 0.5) is 0 Å². The van der Waals surface area contributed by atoms with E-state index >= 15 is 0 Å². The molecule has 2 aliphatic rings. The van der Waals surface area contributed by atoms with Crippen LogP contribution in [0.25, 0.3) is 0 Å². The zero-order chi connectivity index (χ0) is 20.1. The fourth-order valence-electron chi connectivity index (χ4n) is 4.87. The number of hydrogen-bond donors (Lipinski definition) is 0. The highest BCUT2D eigenvalue weighted by Gasteiger charge is 2.37. The average molecular weight is 381 g/mol. The first kappa shape index (κ1) is 19.7. The van der Waals surface area contributed by atoms with Gasteiger partial charge in [0.25, 0.3) is 0 Å². The maximum atomic E-state index is 2.41. The average Bonchev–Trinajstić information content (AvgIpc) is 2.78. The Morgan fingerprint density at radius 2 is 1.17 bits per heavy atom. The standard InChI is InChI=1S/C29H32/c1-23-13-17-25(18-14-23)21-22-29(26-9-5-3-6-10-26,27-11-7-4-8-12-27)28-19-15-24(2)16-20-28/h3-13,15,17,19H,14,16,18,20-22H2,1-2H3. The second kappa shape index (κ2) is 8.82. The first-order valence-electron chi connectivity index (χ1n) is 11.0. The van der Waals surface area contributed by atoms with Gasteiger partial charge < -0.3 is 0 Å². The zero-order valence-corrected chi connectivity index (χ0v) is 17.8. The first-order chi connectivity index (χ1) is 14.2. The van der Waals surface area contributed by atoms with E-state index in [-0.39, 0.29) is 5.41 Å². The zero-order valence-electron chi connectivity index (χ0n) is 17.8. The summed E-state index contributed by atoms with van der Waals surface area (Å²) in [7, 11) is 0. The van der Waals surface area contributed by atoms with E-state index in [0.29, 0.717) is 0 Å². The van der Waals surface area contributed by atoms with Crippen LogP contribution in [-0.2, 0) is 5.41 Å². The molecule has 0 amide bonds. The monoisotopic (exact) mass is 380 g/mol. The smallest absolute Gasteiger partial charge is 0.0417 e. The summed E-state index contributed by atoms with van der Waals surface area (Å²) >= 11 is 0. The number of benzene rings is 2. The molecule has 29 heavy (non-hydrogen) atoms. The van der Waals surface area contributed by atoms with E-state index in [1.54, 1.807) is 11.1 Å². The molecule has 0 unspecified atom stereocenters. The fourth-order valence-corrected chi connectivity index (χ4v) is 4.87. The summed E-state index contributed by atoms with van der Waals surface area (Å²) < 4.78 is 0. The summed E-state index contributed by atoms with van der Waals surface area (Å²) in [6.45, 7) is 4.49. The molecule has 2 aromatic carbocycles. The van der Waals surface area contributed by atoms with Crippen LogP contribution in [0.15, 0.2) is 107 Å². The minimum absolute atomic E-state index is 0.0588. The Morgan fingerprint density at radius 3 is 1.66 bits per heavy atom. The SMILES string of the molecule is CC1=CC=C(CCC(C2=CC=C(C)CC2)(c2ccccc2)c2ccccc2)CC1. The maximum Gasteiger partial charge on any atom is 0.0417 e. The molecule has 0 N–H and O–H groups in total. The van der Waals surface area contributed by atoms with Crippen LogP contribution >= 0.6 is 0 Å². The van der Waals surface area contributed by atoms with Gasteiger partial charge in [0.2, 0.25) is 0 Å². The molecular formula is C29H32. The van der Waals surface area contributed by atoms with Crippen LogP contribution < -0.4 is 0 Å². The van der Waals surface area contributed by atoms with Crippen molar-refractivity contribution in [3.05, 3.63) is 118 Å². The highest BCUT2D eigenvalue weighted by Crippen LogP contribution is 2.47. The van der Waals surface area contributed by atoms with Crippen molar-refractivity contribution in [2.24, 2.45) is 0 Å². The summed E-state index contributed by atoms with van der Waals surface area (Å²) in [6, 6.07) is 22.4. The van der Waals surface area contributed by atoms with Gasteiger partial charge in [-0.15, -0.1) is 0 Å². The molecule has 2 aromatic rings.